The largest absolute Gasteiger partial charge is 0.342 e. The summed E-state index contributed by atoms with van der Waals surface area (Å²) in [5.41, 5.74) is 0. The number of amides is 1. The van der Waals surface area contributed by atoms with E-state index in [4.69, 9.17) is 0 Å². The molecule has 0 aromatic rings. The van der Waals surface area contributed by atoms with Crippen LogP contribution < -0.4 is 0 Å². The fourth-order valence-corrected chi connectivity index (χ4v) is 2.92. The van der Waals surface area contributed by atoms with Crippen molar-refractivity contribution in [1.29, 1.82) is 0 Å². The fourth-order valence-electron chi connectivity index (χ4n) is 2.92. The summed E-state index contributed by atoms with van der Waals surface area (Å²) in [5, 5.41) is 0. The normalized spacial score (nSPS) is 31.7. The van der Waals surface area contributed by atoms with Gasteiger partial charge in [-0.2, -0.15) is 0 Å². The van der Waals surface area contributed by atoms with E-state index in [0.717, 1.165) is 18.9 Å². The second-order valence-corrected chi connectivity index (χ2v) is 5.33. The van der Waals surface area contributed by atoms with Gasteiger partial charge in [0.05, 0.1) is 0 Å². The van der Waals surface area contributed by atoms with Gasteiger partial charge in [0.25, 0.3) is 0 Å². The average molecular weight is 211 g/mol. The lowest BCUT2D eigenvalue weighted by Gasteiger charge is -2.42. The topological polar surface area (TPSA) is 20.3 Å². The Balaban J connectivity index is 2.72. The SMILES string of the molecule is CCN(C=O)C1CC(C)CCC1C(C)C. The Morgan fingerprint density at radius 1 is 1.40 bits per heavy atom. The lowest BCUT2D eigenvalue weighted by molar-refractivity contribution is -0.122. The van der Waals surface area contributed by atoms with Gasteiger partial charge in [-0.05, 0) is 37.5 Å². The Hall–Kier alpha value is -0.530. The van der Waals surface area contributed by atoms with E-state index in [9.17, 15) is 4.79 Å². The number of rotatable bonds is 4. The molecule has 2 nitrogen and oxygen atoms in total. The van der Waals surface area contributed by atoms with E-state index >= 15 is 0 Å². The Morgan fingerprint density at radius 3 is 2.53 bits per heavy atom. The van der Waals surface area contributed by atoms with Crippen molar-refractivity contribution in [1.82, 2.24) is 4.90 Å². The molecule has 1 saturated carbocycles. The molecule has 1 fully saturated rings. The van der Waals surface area contributed by atoms with Crippen LogP contribution in [-0.2, 0) is 4.79 Å². The highest BCUT2D eigenvalue weighted by molar-refractivity contribution is 5.47. The molecule has 2 heteroatoms. The molecule has 1 amide bonds. The van der Waals surface area contributed by atoms with Crippen LogP contribution in [0.3, 0.4) is 0 Å². The van der Waals surface area contributed by atoms with Crippen molar-refractivity contribution in [3.05, 3.63) is 0 Å². The quantitative estimate of drug-likeness (QED) is 0.655. The van der Waals surface area contributed by atoms with Gasteiger partial charge in [0, 0.05) is 12.6 Å². The second kappa shape index (κ2) is 5.53. The van der Waals surface area contributed by atoms with Crippen molar-refractivity contribution in [2.75, 3.05) is 6.54 Å². The number of carbonyl (C=O) groups excluding carboxylic acids is 1. The fraction of sp³-hybridized carbons (Fsp3) is 0.923. The molecule has 0 N–H and O–H groups in total. The van der Waals surface area contributed by atoms with Crippen molar-refractivity contribution in [2.45, 2.75) is 53.0 Å². The summed E-state index contributed by atoms with van der Waals surface area (Å²) in [6, 6.07) is 0.483. The molecule has 3 atom stereocenters. The van der Waals surface area contributed by atoms with Crippen molar-refractivity contribution in [2.24, 2.45) is 17.8 Å². The molecule has 0 spiro atoms. The summed E-state index contributed by atoms with van der Waals surface area (Å²) in [6.07, 6.45) is 4.84. The zero-order valence-corrected chi connectivity index (χ0v) is 10.6. The van der Waals surface area contributed by atoms with Crippen LogP contribution in [0.4, 0.5) is 0 Å². The molecule has 3 unspecified atom stereocenters. The van der Waals surface area contributed by atoms with Crippen LogP contribution in [0, 0.1) is 17.8 Å². The lowest BCUT2D eigenvalue weighted by Crippen LogP contribution is -2.45. The lowest BCUT2D eigenvalue weighted by atomic mass is 9.73. The molecule has 1 aliphatic rings. The number of carbonyl (C=O) groups is 1. The zero-order valence-electron chi connectivity index (χ0n) is 10.6. The molecule has 0 aromatic heterocycles. The van der Waals surface area contributed by atoms with Gasteiger partial charge in [-0.15, -0.1) is 0 Å². The molecule has 15 heavy (non-hydrogen) atoms. The molecule has 88 valence electrons. The minimum atomic E-state index is 0.483. The first-order valence-electron chi connectivity index (χ1n) is 6.31. The summed E-state index contributed by atoms with van der Waals surface area (Å²) in [7, 11) is 0. The summed E-state index contributed by atoms with van der Waals surface area (Å²) < 4.78 is 0. The van der Waals surface area contributed by atoms with Crippen LogP contribution in [0.1, 0.15) is 47.0 Å². The highest BCUT2D eigenvalue weighted by Gasteiger charge is 2.33. The summed E-state index contributed by atoms with van der Waals surface area (Å²) in [4.78, 5) is 13.0. The van der Waals surface area contributed by atoms with Gasteiger partial charge < -0.3 is 4.90 Å². The van der Waals surface area contributed by atoms with E-state index in [1.165, 1.54) is 19.3 Å². The summed E-state index contributed by atoms with van der Waals surface area (Å²) in [6.45, 7) is 9.80. The Bertz CT molecular complexity index is 203. The van der Waals surface area contributed by atoms with E-state index in [0.29, 0.717) is 17.9 Å². The maximum atomic E-state index is 11.0. The van der Waals surface area contributed by atoms with Crippen LogP contribution in [0.5, 0.6) is 0 Å². The molecule has 1 rings (SSSR count). The Morgan fingerprint density at radius 2 is 2.07 bits per heavy atom. The molecule has 0 aliphatic heterocycles. The van der Waals surface area contributed by atoms with Crippen LogP contribution >= 0.6 is 0 Å². The molecule has 0 radical (unpaired) electrons. The third kappa shape index (κ3) is 2.96. The van der Waals surface area contributed by atoms with E-state index in [1.807, 2.05) is 4.90 Å². The van der Waals surface area contributed by atoms with Crippen molar-refractivity contribution in [3.63, 3.8) is 0 Å². The van der Waals surface area contributed by atoms with Crippen molar-refractivity contribution < 1.29 is 4.79 Å². The van der Waals surface area contributed by atoms with Gasteiger partial charge in [-0.1, -0.05) is 27.2 Å². The predicted octanol–water partition coefficient (Wildman–Crippen LogP) is 2.93. The highest BCUT2D eigenvalue weighted by Crippen LogP contribution is 2.35. The van der Waals surface area contributed by atoms with Gasteiger partial charge in [-0.3, -0.25) is 4.79 Å². The first-order valence-corrected chi connectivity index (χ1v) is 6.31. The number of nitrogens with zero attached hydrogens (tertiary/aromatic N) is 1. The molecule has 0 bridgehead atoms. The third-order valence-corrected chi connectivity index (χ3v) is 3.91. The van der Waals surface area contributed by atoms with Gasteiger partial charge in [0.1, 0.15) is 0 Å². The predicted molar refractivity (Wildman–Crippen MR) is 63.6 cm³/mol. The maximum absolute atomic E-state index is 11.0. The maximum Gasteiger partial charge on any atom is 0.209 e. The Kier molecular flexibility index (Phi) is 4.62. The van der Waals surface area contributed by atoms with Crippen molar-refractivity contribution >= 4 is 6.41 Å². The first-order chi connectivity index (χ1) is 7.10. The highest BCUT2D eigenvalue weighted by atomic mass is 16.1. The van der Waals surface area contributed by atoms with Crippen LogP contribution in [0.25, 0.3) is 0 Å². The molecular weight excluding hydrogens is 186 g/mol. The third-order valence-electron chi connectivity index (χ3n) is 3.91. The monoisotopic (exact) mass is 211 g/mol. The minimum absolute atomic E-state index is 0.483. The first kappa shape index (κ1) is 12.5. The van der Waals surface area contributed by atoms with E-state index in [2.05, 4.69) is 27.7 Å². The second-order valence-electron chi connectivity index (χ2n) is 5.33. The van der Waals surface area contributed by atoms with E-state index in [-0.39, 0.29) is 0 Å². The number of hydrogen-bond donors (Lipinski definition) is 0. The van der Waals surface area contributed by atoms with Crippen LogP contribution in [-0.4, -0.2) is 23.9 Å². The summed E-state index contributed by atoms with van der Waals surface area (Å²) in [5.74, 6) is 2.17. The Labute approximate surface area is 94.0 Å². The van der Waals surface area contributed by atoms with Gasteiger partial charge in [-0.25, -0.2) is 0 Å². The van der Waals surface area contributed by atoms with Crippen LogP contribution in [0.15, 0.2) is 0 Å². The van der Waals surface area contributed by atoms with E-state index in [1.54, 1.807) is 0 Å². The van der Waals surface area contributed by atoms with Gasteiger partial charge >= 0.3 is 0 Å². The molecule has 0 saturated heterocycles. The molecule has 0 heterocycles. The van der Waals surface area contributed by atoms with Gasteiger partial charge in [0.2, 0.25) is 6.41 Å². The van der Waals surface area contributed by atoms with Gasteiger partial charge in [0.15, 0.2) is 0 Å². The molecule has 1 aliphatic carbocycles. The van der Waals surface area contributed by atoms with Crippen molar-refractivity contribution in [3.8, 4) is 0 Å². The standard InChI is InChI=1S/C13H25NO/c1-5-14(9-15)13-8-11(4)6-7-12(13)10(2)3/h9-13H,5-8H2,1-4H3. The molecule has 0 aromatic carbocycles. The average Bonchev–Trinajstić information content (AvgIpc) is 2.19. The number of hydrogen-bond acceptors (Lipinski definition) is 1. The minimum Gasteiger partial charge on any atom is -0.342 e. The van der Waals surface area contributed by atoms with E-state index < -0.39 is 0 Å². The summed E-state index contributed by atoms with van der Waals surface area (Å²) >= 11 is 0. The molecular formula is C13H25NO. The smallest absolute Gasteiger partial charge is 0.209 e. The zero-order chi connectivity index (χ0) is 11.4. The van der Waals surface area contributed by atoms with Crippen LogP contribution in [0.2, 0.25) is 0 Å².